The van der Waals surface area contributed by atoms with Crippen molar-refractivity contribution in [2.24, 2.45) is 11.8 Å². The first-order valence-corrected chi connectivity index (χ1v) is 47.0. The minimum Gasteiger partial charge on any atom is -0.305 e. The molecule has 13 heteroatoms. The minimum atomic E-state index is 0. The maximum atomic E-state index is 4.52. The molecule has 0 unspecified atom stereocenters. The molecule has 0 aliphatic rings. The van der Waals surface area contributed by atoms with E-state index in [1.165, 1.54) is 83.5 Å². The van der Waals surface area contributed by atoms with Crippen molar-refractivity contribution in [2.45, 2.75) is 74.1 Å². The standard InChI is InChI=1S/2C21H20N.C20H18N.2C18H14N.3C11H8N.5Ir/c2*1-16(2)13-17-11-12-22-21(14-17)20-10-6-9-19(15-20)18-7-4-3-5-8-18;1-15(2)17-11-12-21-20(14-17)19-10-6-9-18(13-19)16-7-4-3-5-8-16;1-14-10-11-18(19-13-14)17-9-5-8-16(12-17)15-6-3-2-4-7-15;1-14-10-11-19-18(12-14)17-9-5-8-16(13-17)15-6-3-2-4-7-15;3*1-2-6-10(7-3-1)11-8-4-5-9-12-11;;;;;/h2*3-9,11-12,14-16H,13H2,1-2H3;3-9,11-15H,1-2H3;2*2-8,10-13H,1H3;3*1-6,8-9H;;;;;/q8*-1;;;;;. The van der Waals surface area contributed by atoms with Crippen LogP contribution in [0.2, 0.25) is 0 Å². The Morgan fingerprint density at radius 1 is 0.188 bits per heavy atom. The fourth-order valence-electron chi connectivity index (χ4n) is 15.1. The average molecular weight is 2760 g/mol. The van der Waals surface area contributed by atoms with Crippen molar-refractivity contribution in [1.29, 1.82) is 0 Å². The Bertz CT molecular complexity index is 6770. The summed E-state index contributed by atoms with van der Waals surface area (Å²) in [7, 11) is 0. The smallest absolute Gasteiger partial charge is 0.0190 e. The zero-order chi connectivity index (χ0) is 96.2. The Morgan fingerprint density at radius 2 is 0.451 bits per heavy atom. The SMILES string of the molecule is CC(C)Cc1ccnc(-c2[c-]ccc(-c3ccccc3)c2)c1.CC(C)Cc1ccnc(-c2[c-]ccc(-c3ccccc3)c2)c1.CC(C)c1ccnc(-c2[c-]ccc(-c3ccccc3)c2)c1.Cc1ccc(-c2[c-]ccc(-c3ccccc3)c2)nc1.Cc1ccnc(-c2[c-]ccc(-c3ccccc3)c2)c1.[Ir].[Ir].[Ir].[Ir].[Ir].[c-]1ccccc1-c1ccccn1.[c-]1ccccc1-c1ccccn1.[c-]1ccccc1-c1ccccn1. The zero-order valence-corrected chi connectivity index (χ0v) is 93.5. The van der Waals surface area contributed by atoms with Gasteiger partial charge in [-0.2, -0.15) is 0 Å². The maximum absolute atomic E-state index is 4.52. The molecule has 0 N–H and O–H groups in total. The predicted molar refractivity (Wildman–Crippen MR) is 576 cm³/mol. The molecule has 0 saturated carbocycles. The predicted octanol–water partition coefficient (Wildman–Crippen LogP) is 32.9. The molecular weight excluding hydrogens is 2650 g/mol. The first-order chi connectivity index (χ1) is 68.2. The van der Waals surface area contributed by atoms with Crippen molar-refractivity contribution in [3.63, 3.8) is 0 Å². The van der Waals surface area contributed by atoms with E-state index in [0.29, 0.717) is 17.8 Å². The molecule has 0 fully saturated rings. The van der Waals surface area contributed by atoms with Crippen LogP contribution in [0.15, 0.2) is 480 Å². The summed E-state index contributed by atoms with van der Waals surface area (Å²) in [5.74, 6) is 1.80. The van der Waals surface area contributed by atoms with Gasteiger partial charge in [-0.25, -0.2) is 0 Å². The normalized spacial score (nSPS) is 10.0. The van der Waals surface area contributed by atoms with Crippen LogP contribution in [0, 0.1) is 74.2 Å². The topological polar surface area (TPSA) is 103 Å². The van der Waals surface area contributed by atoms with E-state index in [-0.39, 0.29) is 101 Å². The molecule has 0 amide bonds. The fraction of sp³-hybridized carbons (Fsp3) is 0.0992. The monoisotopic (exact) mass is 2760 g/mol. The van der Waals surface area contributed by atoms with Gasteiger partial charge in [-0.15, -0.1) is 285 Å². The van der Waals surface area contributed by atoms with Crippen LogP contribution in [0.4, 0.5) is 0 Å². The first kappa shape index (κ1) is 114. The molecule has 21 aromatic rings. The summed E-state index contributed by atoms with van der Waals surface area (Å²) in [6.07, 6.45) is 16.9. The third-order valence-corrected chi connectivity index (χ3v) is 22.1. The summed E-state index contributed by atoms with van der Waals surface area (Å²) in [5.41, 5.74) is 34.5. The van der Waals surface area contributed by atoms with Gasteiger partial charge in [0.05, 0.1) is 0 Å². The van der Waals surface area contributed by atoms with Crippen molar-refractivity contribution < 1.29 is 101 Å². The van der Waals surface area contributed by atoms with Crippen LogP contribution in [-0.4, -0.2) is 39.9 Å². The molecule has 0 spiro atoms. The second-order valence-corrected chi connectivity index (χ2v) is 34.1. The summed E-state index contributed by atoms with van der Waals surface area (Å²) >= 11 is 0. The molecule has 0 atom stereocenters. The zero-order valence-electron chi connectivity index (χ0n) is 81.5. The number of benzene rings is 13. The maximum Gasteiger partial charge on any atom is 0.0190 e. The van der Waals surface area contributed by atoms with Crippen molar-refractivity contribution >= 4 is 0 Å². The van der Waals surface area contributed by atoms with Crippen molar-refractivity contribution in [2.75, 3.05) is 0 Å². The first-order valence-electron chi connectivity index (χ1n) is 47.0. The summed E-state index contributed by atoms with van der Waals surface area (Å²) in [6.45, 7) is 17.5. The largest absolute Gasteiger partial charge is 0.305 e. The average Bonchev–Trinajstić information content (AvgIpc) is 0.839. The van der Waals surface area contributed by atoms with Gasteiger partial charge in [0.25, 0.3) is 0 Å². The van der Waals surface area contributed by atoms with Crippen LogP contribution in [0.3, 0.4) is 0 Å². The summed E-state index contributed by atoms with van der Waals surface area (Å²) < 4.78 is 0. The third-order valence-electron chi connectivity index (χ3n) is 22.1. The second kappa shape index (κ2) is 62.0. The van der Waals surface area contributed by atoms with Crippen LogP contribution in [-0.2, 0) is 113 Å². The number of hydrogen-bond donors (Lipinski definition) is 0. The van der Waals surface area contributed by atoms with Gasteiger partial charge in [-0.3, -0.25) is 0 Å². The number of rotatable bonds is 18. The van der Waals surface area contributed by atoms with E-state index in [1.807, 2.05) is 238 Å². The molecule has 8 heterocycles. The van der Waals surface area contributed by atoms with E-state index in [4.69, 9.17) is 0 Å². The van der Waals surface area contributed by atoms with Gasteiger partial charge in [0.2, 0.25) is 0 Å². The molecule has 144 heavy (non-hydrogen) atoms. The van der Waals surface area contributed by atoms with Crippen molar-refractivity contribution in [3.8, 4) is 146 Å². The summed E-state index contributed by atoms with van der Waals surface area (Å²) in [6, 6.07) is 171. The van der Waals surface area contributed by atoms with Gasteiger partial charge in [0.1, 0.15) is 0 Å². The molecule has 13 aromatic carbocycles. The van der Waals surface area contributed by atoms with Gasteiger partial charge in [0, 0.05) is 150 Å². The van der Waals surface area contributed by atoms with Crippen LogP contribution >= 0.6 is 0 Å². The Hall–Kier alpha value is -13.7. The fourth-order valence-corrected chi connectivity index (χ4v) is 15.1. The van der Waals surface area contributed by atoms with E-state index in [1.54, 1.807) is 18.6 Å². The second-order valence-electron chi connectivity index (χ2n) is 34.1. The van der Waals surface area contributed by atoms with E-state index in [2.05, 4.69) is 367 Å². The Balaban J connectivity index is 0.000000184. The third kappa shape index (κ3) is 36.6. The number of nitrogens with zero attached hydrogens (tertiary/aromatic N) is 8. The van der Waals surface area contributed by atoms with E-state index >= 15 is 0 Å². The van der Waals surface area contributed by atoms with Gasteiger partial charge in [0.15, 0.2) is 0 Å². The van der Waals surface area contributed by atoms with Crippen LogP contribution in [0.25, 0.3) is 146 Å². The number of hydrogen-bond acceptors (Lipinski definition) is 8. The molecule has 21 rings (SSSR count). The van der Waals surface area contributed by atoms with Gasteiger partial charge in [-0.1, -0.05) is 288 Å². The molecule has 0 saturated heterocycles. The van der Waals surface area contributed by atoms with Crippen molar-refractivity contribution in [3.05, 3.63) is 557 Å². The number of aryl methyl sites for hydroxylation is 2. The molecule has 0 bridgehead atoms. The van der Waals surface area contributed by atoms with Crippen LogP contribution < -0.4 is 0 Å². The molecule has 0 aliphatic carbocycles. The molecular formula is C131H110Ir5N8-8. The molecule has 727 valence electrons. The van der Waals surface area contributed by atoms with Crippen LogP contribution in [0.1, 0.15) is 75.3 Å². The molecule has 8 aromatic heterocycles. The van der Waals surface area contributed by atoms with E-state index in [9.17, 15) is 0 Å². The number of aromatic nitrogens is 8. The quantitative estimate of drug-likeness (QED) is 0.0783. The Labute approximate surface area is 920 Å². The van der Waals surface area contributed by atoms with E-state index < -0.39 is 0 Å². The van der Waals surface area contributed by atoms with Gasteiger partial charge < -0.3 is 39.9 Å². The number of pyridine rings is 8. The minimum absolute atomic E-state index is 0. The van der Waals surface area contributed by atoms with Gasteiger partial charge in [-0.05, 0) is 166 Å². The Morgan fingerprint density at radius 3 is 0.722 bits per heavy atom. The molecule has 0 aliphatic heterocycles. The Kier molecular flexibility index (Phi) is 49.0. The summed E-state index contributed by atoms with van der Waals surface area (Å²) in [4.78, 5) is 35.1. The molecule has 5 radical (unpaired) electrons. The molecule has 8 nitrogen and oxygen atoms in total. The van der Waals surface area contributed by atoms with Crippen LogP contribution in [0.5, 0.6) is 0 Å². The summed E-state index contributed by atoms with van der Waals surface area (Å²) in [5, 5.41) is 0. The van der Waals surface area contributed by atoms with Crippen molar-refractivity contribution in [1.82, 2.24) is 39.9 Å². The van der Waals surface area contributed by atoms with E-state index in [0.717, 1.165) is 103 Å². The van der Waals surface area contributed by atoms with Gasteiger partial charge >= 0.3 is 0 Å².